The molecule has 2 unspecified atom stereocenters. The summed E-state index contributed by atoms with van der Waals surface area (Å²) in [5, 5.41) is 3.53. The Hall–Kier alpha value is -1.22. The predicted octanol–water partition coefficient (Wildman–Crippen LogP) is 2.67. The molecule has 1 fully saturated rings. The molecule has 0 radical (unpaired) electrons. The highest BCUT2D eigenvalue weighted by Gasteiger charge is 2.18. The minimum Gasteiger partial charge on any atom is -0.497 e. The van der Waals surface area contributed by atoms with Gasteiger partial charge in [0.25, 0.3) is 0 Å². The van der Waals surface area contributed by atoms with Crippen molar-refractivity contribution in [1.29, 1.82) is 0 Å². The van der Waals surface area contributed by atoms with Crippen LogP contribution in [0.3, 0.4) is 0 Å². The highest BCUT2D eigenvalue weighted by atomic mass is 16.5. The molecule has 3 heteroatoms. The van der Waals surface area contributed by atoms with E-state index in [9.17, 15) is 0 Å². The second kappa shape index (κ2) is 5.21. The molecule has 2 rings (SSSR count). The number of hydrogen-bond acceptors (Lipinski definition) is 3. The van der Waals surface area contributed by atoms with Gasteiger partial charge >= 0.3 is 0 Å². The Kier molecular flexibility index (Phi) is 3.67. The maximum atomic E-state index is 5.53. The zero-order valence-corrected chi connectivity index (χ0v) is 9.90. The summed E-state index contributed by atoms with van der Waals surface area (Å²) in [5.74, 6) is 0.894. The maximum Gasteiger partial charge on any atom is 0.120 e. The molecule has 1 aliphatic rings. The van der Waals surface area contributed by atoms with E-state index < -0.39 is 0 Å². The first-order valence-electron chi connectivity index (χ1n) is 5.80. The first-order valence-corrected chi connectivity index (χ1v) is 5.80. The number of rotatable bonds is 3. The van der Waals surface area contributed by atoms with Crippen LogP contribution in [0.4, 0.5) is 5.69 Å². The highest BCUT2D eigenvalue weighted by molar-refractivity contribution is 5.48. The molecule has 1 heterocycles. The largest absolute Gasteiger partial charge is 0.497 e. The van der Waals surface area contributed by atoms with Crippen molar-refractivity contribution < 1.29 is 9.47 Å². The van der Waals surface area contributed by atoms with E-state index in [0.29, 0.717) is 12.1 Å². The molecule has 0 bridgehead atoms. The molecule has 1 saturated heterocycles. The molecule has 1 aliphatic heterocycles. The fourth-order valence-electron chi connectivity index (χ4n) is 2.08. The molecule has 0 spiro atoms. The van der Waals surface area contributed by atoms with Gasteiger partial charge in [0.2, 0.25) is 0 Å². The monoisotopic (exact) mass is 221 g/mol. The van der Waals surface area contributed by atoms with Crippen molar-refractivity contribution in [2.75, 3.05) is 19.0 Å². The van der Waals surface area contributed by atoms with Gasteiger partial charge in [-0.15, -0.1) is 0 Å². The van der Waals surface area contributed by atoms with E-state index in [2.05, 4.69) is 18.3 Å². The van der Waals surface area contributed by atoms with Crippen LogP contribution in [-0.2, 0) is 4.74 Å². The Morgan fingerprint density at radius 3 is 3.06 bits per heavy atom. The molecular weight excluding hydrogens is 202 g/mol. The van der Waals surface area contributed by atoms with Crippen molar-refractivity contribution in [2.24, 2.45) is 0 Å². The van der Waals surface area contributed by atoms with Crippen molar-refractivity contribution in [3.05, 3.63) is 24.3 Å². The maximum absolute atomic E-state index is 5.53. The van der Waals surface area contributed by atoms with E-state index >= 15 is 0 Å². The molecule has 1 aromatic carbocycles. The van der Waals surface area contributed by atoms with E-state index in [-0.39, 0.29) is 0 Å². The summed E-state index contributed by atoms with van der Waals surface area (Å²) >= 11 is 0. The van der Waals surface area contributed by atoms with Gasteiger partial charge in [-0.05, 0) is 31.9 Å². The molecule has 0 saturated carbocycles. The minimum atomic E-state index is 0.358. The number of methoxy groups -OCH3 is 1. The van der Waals surface area contributed by atoms with Gasteiger partial charge in [0, 0.05) is 24.4 Å². The van der Waals surface area contributed by atoms with Crippen LogP contribution in [0.25, 0.3) is 0 Å². The molecule has 1 aromatic rings. The Bertz CT molecular complexity index is 340. The lowest BCUT2D eigenvalue weighted by Crippen LogP contribution is -2.32. The lowest BCUT2D eigenvalue weighted by atomic mass is 10.0. The fourth-order valence-corrected chi connectivity index (χ4v) is 2.08. The van der Waals surface area contributed by atoms with E-state index in [1.54, 1.807) is 7.11 Å². The molecule has 2 atom stereocenters. The number of ether oxygens (including phenoxy) is 2. The molecule has 3 nitrogen and oxygen atoms in total. The molecule has 0 aromatic heterocycles. The summed E-state index contributed by atoms with van der Waals surface area (Å²) in [5.41, 5.74) is 1.12. The van der Waals surface area contributed by atoms with Gasteiger partial charge in [-0.3, -0.25) is 0 Å². The zero-order valence-electron chi connectivity index (χ0n) is 9.90. The smallest absolute Gasteiger partial charge is 0.120 e. The van der Waals surface area contributed by atoms with Crippen LogP contribution >= 0.6 is 0 Å². The van der Waals surface area contributed by atoms with Crippen LogP contribution in [0.2, 0.25) is 0 Å². The Morgan fingerprint density at radius 2 is 2.31 bits per heavy atom. The van der Waals surface area contributed by atoms with Gasteiger partial charge in [0.05, 0.1) is 13.2 Å². The lowest BCUT2D eigenvalue weighted by Gasteiger charge is -2.28. The summed E-state index contributed by atoms with van der Waals surface area (Å²) in [6, 6.07) is 8.57. The summed E-state index contributed by atoms with van der Waals surface area (Å²) in [4.78, 5) is 0. The third-order valence-electron chi connectivity index (χ3n) is 2.93. The van der Waals surface area contributed by atoms with Crippen molar-refractivity contribution >= 4 is 5.69 Å². The number of benzene rings is 1. The Labute approximate surface area is 96.8 Å². The van der Waals surface area contributed by atoms with Crippen molar-refractivity contribution in [2.45, 2.75) is 31.9 Å². The topological polar surface area (TPSA) is 30.5 Å². The van der Waals surface area contributed by atoms with Crippen molar-refractivity contribution in [3.63, 3.8) is 0 Å². The average Bonchev–Trinajstić information content (AvgIpc) is 2.29. The first-order chi connectivity index (χ1) is 7.78. The summed E-state index contributed by atoms with van der Waals surface area (Å²) in [6.45, 7) is 2.97. The number of nitrogens with one attached hydrogen (secondary N) is 1. The molecule has 0 aliphatic carbocycles. The van der Waals surface area contributed by atoms with Gasteiger partial charge in [0.1, 0.15) is 5.75 Å². The quantitative estimate of drug-likeness (QED) is 0.851. The SMILES string of the molecule is COc1cccc(NC2CCOC(C)C2)c1. The fraction of sp³-hybridized carbons (Fsp3) is 0.538. The summed E-state index contributed by atoms with van der Waals surface area (Å²) in [7, 11) is 1.69. The normalized spacial score (nSPS) is 25.1. The van der Waals surface area contributed by atoms with Gasteiger partial charge in [-0.25, -0.2) is 0 Å². The standard InChI is InChI=1S/C13H19NO2/c1-10-8-12(6-7-16-10)14-11-4-3-5-13(9-11)15-2/h3-5,9-10,12,14H,6-8H2,1-2H3. The van der Waals surface area contributed by atoms with Gasteiger partial charge in [0.15, 0.2) is 0 Å². The van der Waals surface area contributed by atoms with Crippen molar-refractivity contribution in [1.82, 2.24) is 0 Å². The average molecular weight is 221 g/mol. The van der Waals surface area contributed by atoms with E-state index in [0.717, 1.165) is 30.9 Å². The third kappa shape index (κ3) is 2.89. The van der Waals surface area contributed by atoms with Crippen LogP contribution in [-0.4, -0.2) is 25.9 Å². The molecule has 0 amide bonds. The minimum absolute atomic E-state index is 0.358. The molecule has 1 N–H and O–H groups in total. The van der Waals surface area contributed by atoms with Crippen molar-refractivity contribution in [3.8, 4) is 5.75 Å². The van der Waals surface area contributed by atoms with E-state index in [1.807, 2.05) is 18.2 Å². The summed E-state index contributed by atoms with van der Waals surface area (Å²) < 4.78 is 10.7. The van der Waals surface area contributed by atoms with Crippen LogP contribution in [0, 0.1) is 0 Å². The molecule has 88 valence electrons. The van der Waals surface area contributed by atoms with Crippen LogP contribution in [0.1, 0.15) is 19.8 Å². The van der Waals surface area contributed by atoms with Crippen LogP contribution in [0.5, 0.6) is 5.75 Å². The molecule has 16 heavy (non-hydrogen) atoms. The highest BCUT2D eigenvalue weighted by Crippen LogP contribution is 2.21. The number of hydrogen-bond donors (Lipinski definition) is 1. The lowest BCUT2D eigenvalue weighted by molar-refractivity contribution is 0.0232. The third-order valence-corrected chi connectivity index (χ3v) is 2.93. The first kappa shape index (κ1) is 11.3. The van der Waals surface area contributed by atoms with Crippen LogP contribution < -0.4 is 10.1 Å². The van der Waals surface area contributed by atoms with Crippen LogP contribution in [0.15, 0.2) is 24.3 Å². The Balaban J connectivity index is 1.97. The van der Waals surface area contributed by atoms with Gasteiger partial charge in [-0.1, -0.05) is 6.07 Å². The van der Waals surface area contributed by atoms with E-state index in [4.69, 9.17) is 9.47 Å². The van der Waals surface area contributed by atoms with Gasteiger partial charge in [-0.2, -0.15) is 0 Å². The second-order valence-corrected chi connectivity index (χ2v) is 4.28. The number of anilines is 1. The van der Waals surface area contributed by atoms with Gasteiger partial charge < -0.3 is 14.8 Å². The second-order valence-electron chi connectivity index (χ2n) is 4.28. The summed E-state index contributed by atoms with van der Waals surface area (Å²) in [6.07, 6.45) is 2.50. The predicted molar refractivity (Wildman–Crippen MR) is 65.1 cm³/mol. The zero-order chi connectivity index (χ0) is 11.4. The Morgan fingerprint density at radius 1 is 1.44 bits per heavy atom. The molecular formula is C13H19NO2. The van der Waals surface area contributed by atoms with E-state index in [1.165, 1.54) is 0 Å².